The van der Waals surface area contributed by atoms with Gasteiger partial charge >= 0.3 is 0 Å². The Kier molecular flexibility index (Phi) is 9.88. The summed E-state index contributed by atoms with van der Waals surface area (Å²) in [4.78, 5) is 74.1. The Morgan fingerprint density at radius 2 is 1.59 bits per heavy atom. The number of imide groups is 2. The third-order valence-electron chi connectivity index (χ3n) is 13.5. The first-order chi connectivity index (χ1) is 28.0. The number of hydrogen-bond acceptors (Lipinski definition) is 10. The van der Waals surface area contributed by atoms with Crippen LogP contribution in [0.1, 0.15) is 88.5 Å². The maximum absolute atomic E-state index is 13.5. The summed E-state index contributed by atoms with van der Waals surface area (Å²) >= 11 is 6.37. The Bertz CT molecular complexity index is 2220. The Morgan fingerprint density at radius 1 is 0.879 bits per heavy atom. The number of carbonyl (C=O) groups excluding carboxylic acids is 5. The first-order valence-electron chi connectivity index (χ1n) is 20.5. The van der Waals surface area contributed by atoms with Crippen molar-refractivity contribution < 1.29 is 24.0 Å². The average Bonchev–Trinajstić information content (AvgIpc) is 3.66. The number of nitrogens with one attached hydrogen (secondary N) is 2. The molecule has 13 nitrogen and oxygen atoms in total. The van der Waals surface area contributed by atoms with Gasteiger partial charge in [-0.15, -0.1) is 0 Å². The van der Waals surface area contributed by atoms with Crippen LogP contribution in [-0.2, 0) is 9.59 Å². The van der Waals surface area contributed by atoms with E-state index in [0.29, 0.717) is 35.8 Å². The topological polar surface area (TPSA) is 149 Å². The number of halogens is 1. The summed E-state index contributed by atoms with van der Waals surface area (Å²) in [6.07, 6.45) is 5.37. The molecule has 6 heterocycles. The molecule has 5 fully saturated rings. The highest BCUT2D eigenvalue weighted by Gasteiger charge is 2.46. The van der Waals surface area contributed by atoms with Gasteiger partial charge in [-0.25, -0.2) is 0 Å². The summed E-state index contributed by atoms with van der Waals surface area (Å²) in [5.74, 6) is -1.96. The van der Waals surface area contributed by atoms with Gasteiger partial charge in [0.05, 0.1) is 27.8 Å². The zero-order valence-corrected chi connectivity index (χ0v) is 33.3. The molecule has 3 aromatic rings. The van der Waals surface area contributed by atoms with Gasteiger partial charge in [0, 0.05) is 86.9 Å². The predicted octanol–water partition coefficient (Wildman–Crippen LogP) is 4.90. The van der Waals surface area contributed by atoms with E-state index in [4.69, 9.17) is 11.6 Å². The maximum atomic E-state index is 13.5. The molecule has 0 aromatic heterocycles. The van der Waals surface area contributed by atoms with Crippen LogP contribution in [0.2, 0.25) is 5.02 Å². The van der Waals surface area contributed by atoms with Crippen LogP contribution in [0, 0.1) is 16.7 Å². The number of piperidine rings is 3. The number of benzene rings is 3. The van der Waals surface area contributed by atoms with E-state index in [2.05, 4.69) is 50.5 Å². The minimum atomic E-state index is -0.985. The van der Waals surface area contributed by atoms with Crippen molar-refractivity contribution in [2.75, 3.05) is 60.9 Å². The summed E-state index contributed by atoms with van der Waals surface area (Å²) in [7, 11) is 0. The number of fused-ring (bicyclic) bond motifs is 1. The molecule has 0 aliphatic carbocycles. The summed E-state index contributed by atoms with van der Waals surface area (Å²) in [6, 6.07) is 21.1. The van der Waals surface area contributed by atoms with Crippen molar-refractivity contribution in [3.63, 3.8) is 0 Å². The van der Waals surface area contributed by atoms with E-state index >= 15 is 0 Å². The lowest BCUT2D eigenvalue weighted by Gasteiger charge is -2.47. The monoisotopic (exact) mass is 802 g/mol. The van der Waals surface area contributed by atoms with Gasteiger partial charge in [0.25, 0.3) is 17.7 Å². The Hall–Kier alpha value is -5.45. The van der Waals surface area contributed by atoms with E-state index in [1.54, 1.807) is 18.2 Å². The summed E-state index contributed by atoms with van der Waals surface area (Å²) in [6.45, 7) is 8.32. The van der Waals surface area contributed by atoms with E-state index < -0.39 is 29.7 Å². The fraction of sp³-hybridized carbons (Fsp3) is 0.455. The largest absolute Gasteiger partial charge is 0.380 e. The van der Waals surface area contributed by atoms with Gasteiger partial charge in [-0.05, 0) is 112 Å². The molecule has 0 radical (unpaired) electrons. The van der Waals surface area contributed by atoms with E-state index in [9.17, 15) is 29.2 Å². The molecule has 5 saturated heterocycles. The Morgan fingerprint density at radius 3 is 2.28 bits per heavy atom. The number of anilines is 3. The fourth-order valence-electron chi connectivity index (χ4n) is 10.2. The van der Waals surface area contributed by atoms with Crippen LogP contribution in [0.5, 0.6) is 0 Å². The number of nitrogens with zero attached hydrogens (tertiary/aromatic N) is 6. The second-order valence-corrected chi connectivity index (χ2v) is 17.4. The smallest absolute Gasteiger partial charge is 0.262 e. The number of likely N-dealkylation sites (tertiary alicyclic amines) is 2. The molecule has 58 heavy (non-hydrogen) atoms. The highest BCUT2D eigenvalue weighted by molar-refractivity contribution is 6.32. The van der Waals surface area contributed by atoms with Gasteiger partial charge < -0.3 is 20.0 Å². The van der Waals surface area contributed by atoms with Crippen LogP contribution in [0.25, 0.3) is 0 Å². The molecular weight excluding hydrogens is 756 g/mol. The summed E-state index contributed by atoms with van der Waals surface area (Å²) in [5, 5.41) is 15.5. The fourth-order valence-corrected chi connectivity index (χ4v) is 10.4. The molecule has 6 aliphatic heterocycles. The molecule has 3 aromatic carbocycles. The van der Waals surface area contributed by atoms with Crippen LogP contribution >= 0.6 is 11.6 Å². The number of carbonyl (C=O) groups is 5. The molecule has 1 unspecified atom stereocenters. The highest BCUT2D eigenvalue weighted by atomic mass is 35.5. The molecule has 2 atom stereocenters. The lowest BCUT2D eigenvalue weighted by Crippen LogP contribution is -2.60. The van der Waals surface area contributed by atoms with Crippen LogP contribution in [-0.4, -0.2) is 114 Å². The minimum absolute atomic E-state index is 0.0782. The predicted molar refractivity (Wildman–Crippen MR) is 219 cm³/mol. The Balaban J connectivity index is 0.722. The number of hydrogen-bond donors (Lipinski definition) is 2. The maximum Gasteiger partial charge on any atom is 0.262 e. The molecule has 0 saturated carbocycles. The molecule has 6 aliphatic rings. The van der Waals surface area contributed by atoms with E-state index in [-0.39, 0.29) is 41.3 Å². The van der Waals surface area contributed by atoms with Crippen molar-refractivity contribution in [2.45, 2.75) is 76.0 Å². The SMILES string of the molecule is C[C@H]1CC2(CCN(c3ccc(C(=O)N4CCC(N5CC(Nc6ccc7c(c6)C(=O)N(C6CCC(=O)NC6=O)C7=O)C5)CC4)cc3)CC2)CN1c1ccc(C#N)c(Cl)c1. The van der Waals surface area contributed by atoms with Crippen LogP contribution in [0.3, 0.4) is 0 Å². The van der Waals surface area contributed by atoms with Gasteiger partial charge in [-0.3, -0.25) is 39.1 Å². The third-order valence-corrected chi connectivity index (χ3v) is 13.8. The van der Waals surface area contributed by atoms with Gasteiger partial charge in [0.2, 0.25) is 11.8 Å². The van der Waals surface area contributed by atoms with Crippen LogP contribution in [0.15, 0.2) is 60.7 Å². The lowest BCUT2D eigenvalue weighted by atomic mass is 9.76. The van der Waals surface area contributed by atoms with Gasteiger partial charge in [0.1, 0.15) is 12.1 Å². The Labute approximate surface area is 342 Å². The first-order valence-corrected chi connectivity index (χ1v) is 20.8. The van der Waals surface area contributed by atoms with Crippen molar-refractivity contribution in [3.05, 3.63) is 87.9 Å². The van der Waals surface area contributed by atoms with Gasteiger partial charge in [-0.1, -0.05) is 11.6 Å². The zero-order valence-electron chi connectivity index (χ0n) is 32.6. The highest BCUT2D eigenvalue weighted by Crippen LogP contribution is 2.46. The quantitative estimate of drug-likeness (QED) is 0.316. The normalized spacial score (nSPS) is 23.9. The van der Waals surface area contributed by atoms with Crippen molar-refractivity contribution in [1.29, 1.82) is 5.26 Å². The number of nitriles is 1. The molecular formula is C44H47ClN8O5. The van der Waals surface area contributed by atoms with Crippen molar-refractivity contribution >= 4 is 58.2 Å². The van der Waals surface area contributed by atoms with Gasteiger partial charge in [-0.2, -0.15) is 5.26 Å². The number of rotatable bonds is 7. The van der Waals surface area contributed by atoms with E-state index in [0.717, 1.165) is 92.4 Å². The van der Waals surface area contributed by atoms with Crippen molar-refractivity contribution in [1.82, 2.24) is 20.0 Å². The van der Waals surface area contributed by atoms with Crippen molar-refractivity contribution in [2.24, 2.45) is 5.41 Å². The first kappa shape index (κ1) is 38.1. The van der Waals surface area contributed by atoms with Crippen LogP contribution < -0.4 is 20.4 Å². The second kappa shape index (κ2) is 15.1. The molecule has 0 bridgehead atoms. The van der Waals surface area contributed by atoms with Crippen LogP contribution in [0.4, 0.5) is 17.1 Å². The standard InChI is InChI=1S/C44H47ClN8O5/c1-27-22-44(26-52(27)34-8-4-29(23-46)37(45)21-34)14-18-49(19-15-44)32-6-2-28(3-7-32)41(56)50-16-12-33(13-17-50)51-24-31(25-51)47-30-5-9-35-36(20-30)43(58)53(42(35)57)38-10-11-39(54)48-40(38)55/h2-9,20-21,27,31,33,38,47H,10-19,22,24-26H2,1H3,(H,48,54,55)/t27-,38?/m0/s1. The summed E-state index contributed by atoms with van der Waals surface area (Å²) in [5.41, 5.74) is 4.99. The second-order valence-electron chi connectivity index (χ2n) is 17.0. The molecule has 1 spiro atoms. The minimum Gasteiger partial charge on any atom is -0.380 e. The molecule has 14 heteroatoms. The van der Waals surface area contributed by atoms with E-state index in [1.165, 1.54) is 0 Å². The number of amides is 5. The third kappa shape index (κ3) is 6.96. The lowest BCUT2D eigenvalue weighted by molar-refractivity contribution is -0.136. The summed E-state index contributed by atoms with van der Waals surface area (Å²) < 4.78 is 0. The van der Waals surface area contributed by atoms with Crippen molar-refractivity contribution in [3.8, 4) is 6.07 Å². The van der Waals surface area contributed by atoms with E-state index in [1.807, 2.05) is 35.2 Å². The molecule has 2 N–H and O–H groups in total. The van der Waals surface area contributed by atoms with Gasteiger partial charge in [0.15, 0.2) is 0 Å². The zero-order chi connectivity index (χ0) is 40.3. The average molecular weight is 803 g/mol. The molecule has 9 rings (SSSR count). The molecule has 5 amide bonds. The molecule has 300 valence electrons.